The van der Waals surface area contributed by atoms with Crippen LogP contribution in [0, 0.1) is 30.1 Å². The topological polar surface area (TPSA) is 96.1 Å². The van der Waals surface area contributed by atoms with Crippen LogP contribution in [0.2, 0.25) is 0 Å². The lowest BCUT2D eigenvalue weighted by atomic mass is 9.86. The molecule has 0 aliphatic carbocycles. The van der Waals surface area contributed by atoms with E-state index in [0.29, 0.717) is 36.7 Å². The third kappa shape index (κ3) is 4.79. The summed E-state index contributed by atoms with van der Waals surface area (Å²) in [5.41, 5.74) is 1.06. The number of halogens is 3. The first-order chi connectivity index (χ1) is 16.1. The smallest absolute Gasteiger partial charge is 0.404 e. The standard InChI is InChI=1S/C22H23F3N6O2S/c1-12-11-31(19-16(8-26)20(32)30(3)21-18(19)29-13(2)34-21)7-6-14(12)9-27-17-5-4-15(10-28-17)33-22(23,24)25/h4-5,10,12,14H,6-7,9,11H2,1-3H3,(H,27,28)/t12-,14-/m0/s1. The second kappa shape index (κ2) is 9.13. The van der Waals surface area contributed by atoms with Crippen LogP contribution in [0.5, 0.6) is 5.75 Å². The van der Waals surface area contributed by atoms with E-state index in [1.165, 1.54) is 28.0 Å². The minimum absolute atomic E-state index is 0.106. The number of hydrogen-bond acceptors (Lipinski definition) is 8. The molecule has 0 saturated carbocycles. The maximum Gasteiger partial charge on any atom is 0.573 e. The van der Waals surface area contributed by atoms with E-state index in [4.69, 9.17) is 0 Å². The predicted octanol–water partition coefficient (Wildman–Crippen LogP) is 4.04. The van der Waals surface area contributed by atoms with Crippen LogP contribution in [0.3, 0.4) is 0 Å². The van der Waals surface area contributed by atoms with Crippen LogP contribution in [0.1, 0.15) is 23.9 Å². The van der Waals surface area contributed by atoms with Crippen LogP contribution in [-0.2, 0) is 7.05 Å². The van der Waals surface area contributed by atoms with Crippen LogP contribution in [0.25, 0.3) is 10.3 Å². The SMILES string of the molecule is Cc1nc2c(N3CC[C@@H](CNc4ccc(OC(F)(F)F)cn4)[C@@H](C)C3)c(C#N)c(=O)n(C)c2s1. The van der Waals surface area contributed by atoms with E-state index in [9.17, 15) is 23.2 Å². The lowest BCUT2D eigenvalue weighted by Gasteiger charge is -2.38. The predicted molar refractivity (Wildman–Crippen MR) is 123 cm³/mol. The molecule has 1 aliphatic rings. The van der Waals surface area contributed by atoms with Gasteiger partial charge in [0, 0.05) is 26.7 Å². The molecule has 1 fully saturated rings. The average Bonchev–Trinajstić information content (AvgIpc) is 3.16. The number of aryl methyl sites for hydroxylation is 2. The van der Waals surface area contributed by atoms with Gasteiger partial charge in [0.05, 0.1) is 16.9 Å². The van der Waals surface area contributed by atoms with Crippen molar-refractivity contribution in [1.82, 2.24) is 14.5 Å². The average molecular weight is 493 g/mol. The molecule has 0 unspecified atom stereocenters. The number of aromatic nitrogens is 3. The molecule has 1 aliphatic heterocycles. The van der Waals surface area contributed by atoms with Gasteiger partial charge in [-0.15, -0.1) is 24.5 Å². The molecule has 0 bridgehead atoms. The largest absolute Gasteiger partial charge is 0.573 e. The van der Waals surface area contributed by atoms with Gasteiger partial charge in [-0.25, -0.2) is 9.97 Å². The summed E-state index contributed by atoms with van der Waals surface area (Å²) < 4.78 is 42.2. The van der Waals surface area contributed by atoms with Gasteiger partial charge < -0.3 is 19.5 Å². The highest BCUT2D eigenvalue weighted by Gasteiger charge is 2.32. The second-order valence-corrected chi connectivity index (χ2v) is 9.55. The van der Waals surface area contributed by atoms with E-state index in [2.05, 4.69) is 37.9 Å². The summed E-state index contributed by atoms with van der Waals surface area (Å²) >= 11 is 1.43. The number of rotatable bonds is 5. The van der Waals surface area contributed by atoms with Crippen LogP contribution in [0.4, 0.5) is 24.7 Å². The summed E-state index contributed by atoms with van der Waals surface area (Å²) in [5, 5.41) is 13.7. The molecule has 180 valence electrons. The molecule has 1 N–H and O–H groups in total. The Balaban J connectivity index is 1.46. The van der Waals surface area contributed by atoms with Gasteiger partial charge >= 0.3 is 6.36 Å². The Morgan fingerprint density at radius 2 is 2.15 bits per heavy atom. The van der Waals surface area contributed by atoms with Gasteiger partial charge in [-0.2, -0.15) is 5.26 Å². The fraction of sp³-hybridized carbons (Fsp3) is 0.455. The van der Waals surface area contributed by atoms with Crippen molar-refractivity contribution in [1.29, 1.82) is 5.26 Å². The number of anilines is 2. The van der Waals surface area contributed by atoms with Crippen LogP contribution in [0.15, 0.2) is 23.1 Å². The van der Waals surface area contributed by atoms with E-state index in [-0.39, 0.29) is 28.7 Å². The van der Waals surface area contributed by atoms with Gasteiger partial charge in [-0.3, -0.25) is 4.79 Å². The molecule has 3 aromatic heterocycles. The van der Waals surface area contributed by atoms with Crippen molar-refractivity contribution in [2.24, 2.45) is 18.9 Å². The Morgan fingerprint density at radius 1 is 1.38 bits per heavy atom. The Hall–Kier alpha value is -3.33. The number of thiazole rings is 1. The van der Waals surface area contributed by atoms with Crippen molar-refractivity contribution >= 4 is 33.2 Å². The second-order valence-electron chi connectivity index (χ2n) is 8.37. The number of alkyl halides is 3. The van der Waals surface area contributed by atoms with E-state index in [1.54, 1.807) is 7.05 Å². The Morgan fingerprint density at radius 3 is 2.76 bits per heavy atom. The van der Waals surface area contributed by atoms with Crippen molar-refractivity contribution < 1.29 is 17.9 Å². The third-order valence-corrected chi connectivity index (χ3v) is 7.07. The maximum absolute atomic E-state index is 12.8. The van der Waals surface area contributed by atoms with E-state index in [0.717, 1.165) is 22.5 Å². The minimum atomic E-state index is -4.75. The summed E-state index contributed by atoms with van der Waals surface area (Å²) in [6, 6.07) is 4.75. The molecule has 3 aromatic rings. The molecule has 0 aromatic carbocycles. The maximum atomic E-state index is 12.8. The summed E-state index contributed by atoms with van der Waals surface area (Å²) in [7, 11) is 1.66. The first-order valence-corrected chi connectivity index (χ1v) is 11.5. The molecule has 34 heavy (non-hydrogen) atoms. The molecule has 0 amide bonds. The van der Waals surface area contributed by atoms with Crippen LogP contribution < -0.4 is 20.5 Å². The van der Waals surface area contributed by atoms with Crippen LogP contribution >= 0.6 is 11.3 Å². The van der Waals surface area contributed by atoms with Gasteiger partial charge in [0.15, 0.2) is 0 Å². The first-order valence-electron chi connectivity index (χ1n) is 10.7. The normalized spacial score (nSPS) is 18.7. The van der Waals surface area contributed by atoms with Crippen molar-refractivity contribution in [2.45, 2.75) is 26.6 Å². The number of nitrogens with zero attached hydrogens (tertiary/aromatic N) is 5. The van der Waals surface area contributed by atoms with Gasteiger partial charge in [0.25, 0.3) is 5.56 Å². The molecule has 4 heterocycles. The van der Waals surface area contributed by atoms with E-state index < -0.39 is 6.36 Å². The number of fused-ring (bicyclic) bond motifs is 1. The monoisotopic (exact) mass is 492 g/mol. The number of pyridine rings is 2. The molecule has 0 spiro atoms. The lowest BCUT2D eigenvalue weighted by Crippen LogP contribution is -2.43. The number of hydrogen-bond donors (Lipinski definition) is 1. The van der Waals surface area contributed by atoms with Crippen molar-refractivity contribution in [2.75, 3.05) is 29.9 Å². The zero-order valence-electron chi connectivity index (χ0n) is 18.8. The molecular formula is C22H23F3N6O2S. The quantitative estimate of drug-likeness (QED) is 0.574. The minimum Gasteiger partial charge on any atom is -0.404 e. The Labute approximate surface area is 197 Å². The molecular weight excluding hydrogens is 469 g/mol. The molecule has 12 heteroatoms. The van der Waals surface area contributed by atoms with Gasteiger partial charge in [-0.1, -0.05) is 6.92 Å². The Bertz CT molecular complexity index is 1300. The number of nitriles is 1. The zero-order chi connectivity index (χ0) is 24.6. The first kappa shape index (κ1) is 23.8. The van der Waals surface area contributed by atoms with Gasteiger partial charge in [0.2, 0.25) is 0 Å². The third-order valence-electron chi connectivity index (χ3n) is 6.03. The fourth-order valence-corrected chi connectivity index (χ4v) is 5.18. The lowest BCUT2D eigenvalue weighted by molar-refractivity contribution is -0.274. The Kier molecular flexibility index (Phi) is 6.40. The number of piperidine rings is 1. The summed E-state index contributed by atoms with van der Waals surface area (Å²) in [5.74, 6) is 0.584. The highest BCUT2D eigenvalue weighted by Crippen LogP contribution is 2.35. The summed E-state index contributed by atoms with van der Waals surface area (Å²) in [6.07, 6.45) is -2.92. The van der Waals surface area contributed by atoms with Crippen molar-refractivity contribution in [3.63, 3.8) is 0 Å². The molecule has 0 radical (unpaired) electrons. The highest BCUT2D eigenvalue weighted by molar-refractivity contribution is 7.18. The fourth-order valence-electron chi connectivity index (χ4n) is 4.30. The number of nitrogens with one attached hydrogen (secondary N) is 1. The van der Waals surface area contributed by atoms with Gasteiger partial charge in [-0.05, 0) is 37.3 Å². The van der Waals surface area contributed by atoms with Crippen molar-refractivity contribution in [3.05, 3.63) is 39.3 Å². The highest BCUT2D eigenvalue weighted by atomic mass is 32.1. The van der Waals surface area contributed by atoms with Crippen molar-refractivity contribution in [3.8, 4) is 11.8 Å². The summed E-state index contributed by atoms with van der Waals surface area (Å²) in [4.78, 5) is 24.2. The van der Waals surface area contributed by atoms with Gasteiger partial charge in [0.1, 0.15) is 33.5 Å². The molecule has 2 atom stereocenters. The van der Waals surface area contributed by atoms with Crippen LogP contribution in [-0.4, -0.2) is 40.5 Å². The van der Waals surface area contributed by atoms with E-state index >= 15 is 0 Å². The number of ether oxygens (including phenoxy) is 1. The summed E-state index contributed by atoms with van der Waals surface area (Å²) in [6.45, 7) is 5.86. The molecule has 4 rings (SSSR count). The molecule has 8 nitrogen and oxygen atoms in total. The molecule has 1 saturated heterocycles. The zero-order valence-corrected chi connectivity index (χ0v) is 19.6. The van der Waals surface area contributed by atoms with E-state index in [1.807, 2.05) is 6.92 Å².